The van der Waals surface area contributed by atoms with Crippen LogP contribution in [0.5, 0.6) is 0 Å². The number of likely N-dealkylation sites (tertiary alicyclic amines) is 2. The molecule has 0 bridgehead atoms. The first kappa shape index (κ1) is 14.1. The Morgan fingerprint density at radius 1 is 1.20 bits per heavy atom. The minimum atomic E-state index is 0.313. The van der Waals surface area contributed by atoms with E-state index in [4.69, 9.17) is 10.9 Å². The third kappa shape index (κ3) is 3.26. The van der Waals surface area contributed by atoms with Gasteiger partial charge in [-0.1, -0.05) is 11.6 Å². The monoisotopic (exact) mass is 280 g/mol. The molecular weight excluding hydrogens is 252 g/mol. The fourth-order valence-electron chi connectivity index (χ4n) is 4.00. The van der Waals surface area contributed by atoms with Crippen molar-refractivity contribution in [2.24, 2.45) is 16.3 Å². The molecule has 1 aliphatic carbocycles. The molecule has 2 aliphatic heterocycles. The molecule has 114 valence electrons. The van der Waals surface area contributed by atoms with E-state index < -0.39 is 0 Å². The molecule has 3 fully saturated rings. The average Bonchev–Trinajstić information content (AvgIpc) is 3.06. The number of hydrogen-bond donors (Lipinski definition) is 2. The zero-order valence-electron chi connectivity index (χ0n) is 12.4. The molecule has 0 aromatic carbocycles. The lowest BCUT2D eigenvalue weighted by atomic mass is 10.0. The van der Waals surface area contributed by atoms with Crippen LogP contribution in [0.3, 0.4) is 0 Å². The van der Waals surface area contributed by atoms with E-state index in [1.807, 2.05) is 0 Å². The summed E-state index contributed by atoms with van der Waals surface area (Å²) in [7, 11) is 0. The van der Waals surface area contributed by atoms with E-state index in [0.29, 0.717) is 11.3 Å². The van der Waals surface area contributed by atoms with Gasteiger partial charge in [0.2, 0.25) is 0 Å². The van der Waals surface area contributed by atoms with Crippen LogP contribution in [0.15, 0.2) is 5.16 Å². The van der Waals surface area contributed by atoms with Crippen molar-refractivity contribution in [3.63, 3.8) is 0 Å². The van der Waals surface area contributed by atoms with E-state index in [-0.39, 0.29) is 0 Å². The molecule has 5 nitrogen and oxygen atoms in total. The molecule has 3 aliphatic rings. The SMILES string of the molecule is NC(CC1(CN2CCC(N3CCCCC3)C2)CC1)=NO. The fraction of sp³-hybridized carbons (Fsp3) is 0.933. The predicted octanol–water partition coefficient (Wildman–Crippen LogP) is 1.46. The Hall–Kier alpha value is -0.810. The van der Waals surface area contributed by atoms with E-state index in [0.717, 1.165) is 19.0 Å². The van der Waals surface area contributed by atoms with Crippen molar-refractivity contribution in [2.45, 2.75) is 51.0 Å². The summed E-state index contributed by atoms with van der Waals surface area (Å²) in [5.41, 5.74) is 6.00. The number of hydrogen-bond acceptors (Lipinski definition) is 4. The van der Waals surface area contributed by atoms with Crippen LogP contribution in [0.2, 0.25) is 0 Å². The van der Waals surface area contributed by atoms with E-state index in [9.17, 15) is 0 Å². The smallest absolute Gasteiger partial charge is 0.139 e. The average molecular weight is 280 g/mol. The van der Waals surface area contributed by atoms with Crippen molar-refractivity contribution >= 4 is 5.84 Å². The molecule has 0 aromatic heterocycles. The van der Waals surface area contributed by atoms with E-state index >= 15 is 0 Å². The quantitative estimate of drug-likeness (QED) is 0.346. The van der Waals surface area contributed by atoms with Crippen LogP contribution in [-0.2, 0) is 0 Å². The molecule has 1 atom stereocenters. The van der Waals surface area contributed by atoms with Gasteiger partial charge in [-0.15, -0.1) is 0 Å². The Kier molecular flexibility index (Phi) is 4.17. The van der Waals surface area contributed by atoms with Gasteiger partial charge in [0.05, 0.1) is 0 Å². The zero-order valence-corrected chi connectivity index (χ0v) is 12.4. The molecule has 1 saturated carbocycles. The summed E-state index contributed by atoms with van der Waals surface area (Å²) in [5, 5.41) is 11.9. The van der Waals surface area contributed by atoms with Crippen molar-refractivity contribution in [2.75, 3.05) is 32.7 Å². The summed E-state index contributed by atoms with van der Waals surface area (Å²) in [6.07, 6.45) is 8.71. The molecule has 5 heteroatoms. The predicted molar refractivity (Wildman–Crippen MR) is 80.0 cm³/mol. The van der Waals surface area contributed by atoms with Crippen molar-refractivity contribution in [3.8, 4) is 0 Å². The Bertz CT molecular complexity index is 361. The highest BCUT2D eigenvalue weighted by molar-refractivity contribution is 5.80. The fourth-order valence-corrected chi connectivity index (χ4v) is 4.00. The highest BCUT2D eigenvalue weighted by Crippen LogP contribution is 2.49. The highest BCUT2D eigenvalue weighted by atomic mass is 16.4. The highest BCUT2D eigenvalue weighted by Gasteiger charge is 2.45. The number of nitrogens with zero attached hydrogens (tertiary/aromatic N) is 3. The minimum Gasteiger partial charge on any atom is -0.409 e. The van der Waals surface area contributed by atoms with Gasteiger partial charge in [-0.2, -0.15) is 0 Å². The van der Waals surface area contributed by atoms with E-state index in [1.54, 1.807) is 0 Å². The molecule has 3 N–H and O–H groups in total. The third-order valence-electron chi connectivity index (χ3n) is 5.36. The molecule has 20 heavy (non-hydrogen) atoms. The Morgan fingerprint density at radius 3 is 2.60 bits per heavy atom. The lowest BCUT2D eigenvalue weighted by Crippen LogP contribution is -2.41. The first-order chi connectivity index (χ1) is 9.71. The standard InChI is InChI=1S/C15H28N4O/c16-14(17-20)10-15(5-6-15)12-18-9-4-13(11-18)19-7-2-1-3-8-19/h13,20H,1-12H2,(H2,16,17). The van der Waals surface area contributed by atoms with Gasteiger partial charge in [0.1, 0.15) is 5.84 Å². The molecule has 0 aromatic rings. The van der Waals surface area contributed by atoms with Crippen molar-refractivity contribution in [1.29, 1.82) is 0 Å². The number of piperidine rings is 1. The van der Waals surface area contributed by atoms with Gasteiger partial charge in [0.25, 0.3) is 0 Å². The van der Waals surface area contributed by atoms with Gasteiger partial charge in [-0.25, -0.2) is 0 Å². The zero-order chi connectivity index (χ0) is 14.0. The molecule has 3 rings (SSSR count). The van der Waals surface area contributed by atoms with Crippen LogP contribution >= 0.6 is 0 Å². The molecule has 0 radical (unpaired) electrons. The third-order valence-corrected chi connectivity index (χ3v) is 5.36. The van der Waals surface area contributed by atoms with E-state index in [2.05, 4.69) is 15.0 Å². The number of oxime groups is 1. The summed E-state index contributed by atoms with van der Waals surface area (Å²) in [6.45, 7) is 6.17. The molecular formula is C15H28N4O. The van der Waals surface area contributed by atoms with Gasteiger partial charge in [-0.05, 0) is 57.2 Å². The molecule has 0 spiro atoms. The van der Waals surface area contributed by atoms with Gasteiger partial charge in [-0.3, -0.25) is 4.90 Å². The number of rotatable bonds is 5. The molecule has 0 amide bonds. The summed E-state index contributed by atoms with van der Waals surface area (Å²) in [5.74, 6) is 0.397. The molecule has 1 unspecified atom stereocenters. The molecule has 2 heterocycles. The lowest BCUT2D eigenvalue weighted by Gasteiger charge is -2.32. The van der Waals surface area contributed by atoms with Crippen LogP contribution < -0.4 is 5.73 Å². The Morgan fingerprint density at radius 2 is 1.95 bits per heavy atom. The second-order valence-corrected chi connectivity index (χ2v) is 7.04. The van der Waals surface area contributed by atoms with Crippen LogP contribution in [0.4, 0.5) is 0 Å². The summed E-state index contributed by atoms with van der Waals surface area (Å²) in [4.78, 5) is 5.31. The second kappa shape index (κ2) is 5.90. The van der Waals surface area contributed by atoms with Gasteiger partial charge >= 0.3 is 0 Å². The first-order valence-corrected chi connectivity index (χ1v) is 8.14. The molecule has 2 saturated heterocycles. The largest absolute Gasteiger partial charge is 0.409 e. The maximum Gasteiger partial charge on any atom is 0.139 e. The normalized spacial score (nSPS) is 31.6. The van der Waals surface area contributed by atoms with Crippen molar-refractivity contribution in [3.05, 3.63) is 0 Å². The summed E-state index contributed by atoms with van der Waals surface area (Å²) in [6, 6.07) is 0.773. The maximum atomic E-state index is 8.74. The van der Waals surface area contributed by atoms with Crippen LogP contribution in [0.1, 0.15) is 44.9 Å². The van der Waals surface area contributed by atoms with Gasteiger partial charge in [0, 0.05) is 25.6 Å². The first-order valence-electron chi connectivity index (χ1n) is 8.14. The van der Waals surface area contributed by atoms with Gasteiger partial charge in [0.15, 0.2) is 0 Å². The summed E-state index contributed by atoms with van der Waals surface area (Å²) >= 11 is 0. The van der Waals surface area contributed by atoms with Crippen LogP contribution in [-0.4, -0.2) is 59.6 Å². The second-order valence-electron chi connectivity index (χ2n) is 7.04. The number of amidine groups is 1. The van der Waals surface area contributed by atoms with Crippen molar-refractivity contribution in [1.82, 2.24) is 9.80 Å². The summed E-state index contributed by atoms with van der Waals surface area (Å²) < 4.78 is 0. The Balaban J connectivity index is 1.48. The van der Waals surface area contributed by atoms with Crippen LogP contribution in [0, 0.1) is 5.41 Å². The lowest BCUT2D eigenvalue weighted by molar-refractivity contribution is 0.157. The Labute approximate surface area is 121 Å². The topological polar surface area (TPSA) is 65.1 Å². The number of nitrogens with two attached hydrogens (primary N) is 1. The van der Waals surface area contributed by atoms with Crippen molar-refractivity contribution < 1.29 is 5.21 Å². The van der Waals surface area contributed by atoms with Gasteiger partial charge < -0.3 is 15.8 Å². The maximum absolute atomic E-state index is 8.74. The minimum absolute atomic E-state index is 0.313. The van der Waals surface area contributed by atoms with E-state index in [1.165, 1.54) is 64.7 Å². The van der Waals surface area contributed by atoms with Crippen LogP contribution in [0.25, 0.3) is 0 Å².